The summed E-state index contributed by atoms with van der Waals surface area (Å²) >= 11 is 0. The van der Waals surface area contributed by atoms with E-state index in [1.54, 1.807) is 19.5 Å². The monoisotopic (exact) mass is 152 g/mol. The van der Waals surface area contributed by atoms with Crippen molar-refractivity contribution < 1.29 is 0 Å². The summed E-state index contributed by atoms with van der Waals surface area (Å²) in [6, 6.07) is 0. The van der Waals surface area contributed by atoms with E-state index in [0.29, 0.717) is 0 Å². The van der Waals surface area contributed by atoms with Crippen LogP contribution < -0.4 is 0 Å². The number of allylic oxidation sites excluding steroid dienone is 1. The van der Waals surface area contributed by atoms with Crippen LogP contribution in [0.2, 0.25) is 0 Å². The number of hydrogen-bond donors (Lipinski definition) is 0. The first-order valence-electron chi connectivity index (χ1n) is 3.68. The lowest BCUT2D eigenvalue weighted by Crippen LogP contribution is -2.05. The van der Waals surface area contributed by atoms with E-state index in [1.807, 2.05) is 12.3 Å². The molecular formula is C9H16N2. The molecule has 0 aromatic rings. The van der Waals surface area contributed by atoms with Gasteiger partial charge >= 0.3 is 0 Å². The van der Waals surface area contributed by atoms with Crippen LogP contribution in [0.5, 0.6) is 0 Å². The molecule has 11 heavy (non-hydrogen) atoms. The molecule has 0 heterocycles. The van der Waals surface area contributed by atoms with Crippen molar-refractivity contribution in [1.82, 2.24) is 0 Å². The Balaban J connectivity index is 3.78. The molecule has 0 spiro atoms. The fourth-order valence-electron chi connectivity index (χ4n) is 0.441. The first kappa shape index (κ1) is 10.1. The van der Waals surface area contributed by atoms with Gasteiger partial charge in [-0.25, -0.2) is 0 Å². The predicted octanol–water partition coefficient (Wildman–Crippen LogP) is 2.32. The Labute approximate surface area is 68.8 Å². The lowest BCUT2D eigenvalue weighted by atomic mass is 9.99. The van der Waals surface area contributed by atoms with Crippen LogP contribution in [0.4, 0.5) is 0 Å². The molecule has 0 aromatic carbocycles. The van der Waals surface area contributed by atoms with Crippen molar-refractivity contribution in [1.29, 1.82) is 0 Å². The molecule has 0 aliphatic heterocycles. The third-order valence-corrected chi connectivity index (χ3v) is 0.869. The molecule has 0 fully saturated rings. The highest BCUT2D eigenvalue weighted by Gasteiger charge is 2.03. The summed E-state index contributed by atoms with van der Waals surface area (Å²) < 4.78 is 0. The summed E-state index contributed by atoms with van der Waals surface area (Å²) in [5, 5.41) is 0. The van der Waals surface area contributed by atoms with Crippen molar-refractivity contribution in [2.45, 2.75) is 20.8 Å². The maximum absolute atomic E-state index is 4.08. The number of rotatable bonds is 2. The van der Waals surface area contributed by atoms with Crippen LogP contribution in [0, 0.1) is 5.41 Å². The highest BCUT2D eigenvalue weighted by Crippen LogP contribution is 2.07. The largest absolute Gasteiger partial charge is 0.296 e. The van der Waals surface area contributed by atoms with Gasteiger partial charge in [-0.05, 0) is 11.5 Å². The number of aliphatic imine (C=N–C) groups is 2. The van der Waals surface area contributed by atoms with Crippen LogP contribution in [-0.4, -0.2) is 19.5 Å². The van der Waals surface area contributed by atoms with Crippen molar-refractivity contribution in [2.24, 2.45) is 15.4 Å². The van der Waals surface area contributed by atoms with Crippen LogP contribution in [0.3, 0.4) is 0 Å². The molecule has 0 aliphatic rings. The first-order valence-corrected chi connectivity index (χ1v) is 3.68. The Morgan fingerprint density at radius 3 is 2.27 bits per heavy atom. The summed E-state index contributed by atoms with van der Waals surface area (Å²) in [6.45, 7) is 6.33. The SMILES string of the molecule is C\N=C/C=C\N=C\C(C)(C)C. The second-order valence-corrected chi connectivity index (χ2v) is 3.39. The highest BCUT2D eigenvalue weighted by molar-refractivity contribution is 5.71. The Hall–Kier alpha value is -0.920. The average molecular weight is 152 g/mol. The molecule has 0 saturated heterocycles. The molecule has 0 atom stereocenters. The fourth-order valence-corrected chi connectivity index (χ4v) is 0.441. The van der Waals surface area contributed by atoms with E-state index in [1.165, 1.54) is 0 Å². The van der Waals surface area contributed by atoms with Crippen LogP contribution in [0.1, 0.15) is 20.8 Å². The van der Waals surface area contributed by atoms with Crippen LogP contribution in [0.25, 0.3) is 0 Å². The van der Waals surface area contributed by atoms with E-state index in [0.717, 1.165) is 0 Å². The maximum atomic E-state index is 4.08. The van der Waals surface area contributed by atoms with Crippen LogP contribution in [0.15, 0.2) is 22.3 Å². The average Bonchev–Trinajstić information content (AvgIpc) is 1.85. The predicted molar refractivity (Wildman–Crippen MR) is 51.5 cm³/mol. The Kier molecular flexibility index (Phi) is 4.42. The Morgan fingerprint density at radius 2 is 1.82 bits per heavy atom. The van der Waals surface area contributed by atoms with Crippen molar-refractivity contribution in [3.8, 4) is 0 Å². The number of hydrogen-bond acceptors (Lipinski definition) is 2. The molecule has 62 valence electrons. The Morgan fingerprint density at radius 1 is 1.18 bits per heavy atom. The summed E-state index contributed by atoms with van der Waals surface area (Å²) in [4.78, 5) is 7.87. The minimum absolute atomic E-state index is 0.160. The zero-order valence-corrected chi connectivity index (χ0v) is 7.70. The normalized spacial score (nSPS) is 14.2. The second-order valence-electron chi connectivity index (χ2n) is 3.39. The molecule has 0 bridgehead atoms. The maximum Gasteiger partial charge on any atom is 0.0279 e. The fraction of sp³-hybridized carbons (Fsp3) is 0.556. The minimum atomic E-state index is 0.160. The van der Waals surface area contributed by atoms with E-state index in [-0.39, 0.29) is 5.41 Å². The van der Waals surface area contributed by atoms with Gasteiger partial charge in [0.2, 0.25) is 0 Å². The quantitative estimate of drug-likeness (QED) is 0.542. The molecule has 0 amide bonds. The smallest absolute Gasteiger partial charge is 0.0279 e. The van der Waals surface area contributed by atoms with Gasteiger partial charge in [-0.1, -0.05) is 20.8 Å². The van der Waals surface area contributed by atoms with E-state index in [2.05, 4.69) is 30.8 Å². The van der Waals surface area contributed by atoms with Gasteiger partial charge in [0.1, 0.15) is 0 Å². The Bertz CT molecular complexity index is 170. The molecule has 0 aliphatic carbocycles. The van der Waals surface area contributed by atoms with Crippen molar-refractivity contribution in [3.05, 3.63) is 12.3 Å². The minimum Gasteiger partial charge on any atom is -0.296 e. The molecule has 0 saturated carbocycles. The van der Waals surface area contributed by atoms with E-state index in [4.69, 9.17) is 0 Å². The van der Waals surface area contributed by atoms with Gasteiger partial charge in [-0.3, -0.25) is 9.98 Å². The summed E-state index contributed by atoms with van der Waals surface area (Å²) in [5.74, 6) is 0. The molecule has 0 radical (unpaired) electrons. The molecule has 2 nitrogen and oxygen atoms in total. The lowest BCUT2D eigenvalue weighted by molar-refractivity contribution is 0.607. The topological polar surface area (TPSA) is 24.7 Å². The zero-order valence-electron chi connectivity index (χ0n) is 7.70. The molecule has 0 rings (SSSR count). The van der Waals surface area contributed by atoms with Crippen molar-refractivity contribution in [3.63, 3.8) is 0 Å². The van der Waals surface area contributed by atoms with E-state index >= 15 is 0 Å². The van der Waals surface area contributed by atoms with Crippen LogP contribution >= 0.6 is 0 Å². The van der Waals surface area contributed by atoms with Gasteiger partial charge in [-0.15, -0.1) is 0 Å². The molecule has 0 aromatic heterocycles. The third kappa shape index (κ3) is 9.08. The third-order valence-electron chi connectivity index (χ3n) is 0.869. The summed E-state index contributed by atoms with van der Waals surface area (Å²) in [7, 11) is 1.73. The molecule has 0 unspecified atom stereocenters. The second kappa shape index (κ2) is 4.83. The van der Waals surface area contributed by atoms with E-state index in [9.17, 15) is 0 Å². The first-order chi connectivity index (χ1) is 5.06. The lowest BCUT2D eigenvalue weighted by Gasteiger charge is -2.08. The van der Waals surface area contributed by atoms with Gasteiger partial charge in [0, 0.05) is 25.7 Å². The standard InChI is InChI=1S/C9H16N2/c1-9(2,3)8-11-7-5-6-10-4/h5-8H,1-4H3/b7-5-,10-6-,11-8+. The highest BCUT2D eigenvalue weighted by atomic mass is 14.7. The van der Waals surface area contributed by atoms with Gasteiger partial charge in [-0.2, -0.15) is 0 Å². The van der Waals surface area contributed by atoms with Crippen molar-refractivity contribution >= 4 is 12.4 Å². The zero-order chi connectivity index (χ0) is 8.74. The molecular weight excluding hydrogens is 136 g/mol. The number of nitrogens with zero attached hydrogens (tertiary/aromatic N) is 2. The van der Waals surface area contributed by atoms with Gasteiger partial charge in [0.15, 0.2) is 0 Å². The summed E-state index contributed by atoms with van der Waals surface area (Å²) in [5.41, 5.74) is 0.160. The molecule has 2 heteroatoms. The van der Waals surface area contributed by atoms with Gasteiger partial charge < -0.3 is 0 Å². The van der Waals surface area contributed by atoms with Crippen LogP contribution in [-0.2, 0) is 0 Å². The van der Waals surface area contributed by atoms with Gasteiger partial charge in [0.25, 0.3) is 0 Å². The summed E-state index contributed by atoms with van der Waals surface area (Å²) in [6.07, 6.45) is 7.16. The van der Waals surface area contributed by atoms with Crippen molar-refractivity contribution in [2.75, 3.05) is 7.05 Å². The van der Waals surface area contributed by atoms with E-state index < -0.39 is 0 Å². The van der Waals surface area contributed by atoms with Gasteiger partial charge in [0.05, 0.1) is 0 Å². The molecule has 0 N–H and O–H groups in total.